The molecule has 2 N–H and O–H groups in total. The molecule has 0 aliphatic heterocycles. The predicted octanol–water partition coefficient (Wildman–Crippen LogP) is 6.97. The summed E-state index contributed by atoms with van der Waals surface area (Å²) in [6, 6.07) is 0. The molecule has 25 heavy (non-hydrogen) atoms. The van der Waals surface area contributed by atoms with Crippen molar-refractivity contribution in [2.75, 3.05) is 6.61 Å². The van der Waals surface area contributed by atoms with Gasteiger partial charge in [0.05, 0.1) is 0 Å². The van der Waals surface area contributed by atoms with Crippen molar-refractivity contribution in [3.63, 3.8) is 0 Å². The van der Waals surface area contributed by atoms with E-state index >= 15 is 0 Å². The molecule has 0 amide bonds. The molecule has 0 fully saturated rings. The Hall–Kier alpha value is -0.570. The standard InChI is InChI=1S/C13H28O.C9H18O2/c1-2-3-4-5-6-7-8-9-10-11-12-13-14;1-8(2)6-4-3-5-7-9(10)11/h14H,2-13H2,1H3;8H,3-7H2,1-2H3,(H,10,11). The van der Waals surface area contributed by atoms with Gasteiger partial charge in [0, 0.05) is 13.0 Å². The molecular weight excluding hydrogens is 312 g/mol. The van der Waals surface area contributed by atoms with Gasteiger partial charge in [0.25, 0.3) is 0 Å². The number of carboxylic acid groups (broad SMARTS) is 1. The van der Waals surface area contributed by atoms with Gasteiger partial charge in [-0.1, -0.05) is 104 Å². The first-order valence-electron chi connectivity index (χ1n) is 10.9. The number of unbranched alkanes of at least 4 members (excludes halogenated alkanes) is 12. The molecule has 0 radical (unpaired) electrons. The molecule has 0 spiro atoms. The molecule has 0 unspecified atom stereocenters. The quantitative estimate of drug-likeness (QED) is 0.276. The van der Waals surface area contributed by atoms with Gasteiger partial charge in [-0.05, 0) is 18.8 Å². The molecule has 0 heterocycles. The molecule has 3 nitrogen and oxygen atoms in total. The van der Waals surface area contributed by atoms with E-state index in [2.05, 4.69) is 20.8 Å². The van der Waals surface area contributed by atoms with Crippen LogP contribution in [0.1, 0.15) is 124 Å². The van der Waals surface area contributed by atoms with Gasteiger partial charge < -0.3 is 10.2 Å². The number of aliphatic hydroxyl groups excluding tert-OH is 1. The first kappa shape index (κ1) is 26.7. The van der Waals surface area contributed by atoms with Crippen molar-refractivity contribution in [1.29, 1.82) is 0 Å². The lowest BCUT2D eigenvalue weighted by Crippen LogP contribution is -1.94. The first-order chi connectivity index (χ1) is 12.0. The van der Waals surface area contributed by atoms with Gasteiger partial charge in [-0.25, -0.2) is 0 Å². The van der Waals surface area contributed by atoms with E-state index in [1.165, 1.54) is 77.0 Å². The lowest BCUT2D eigenvalue weighted by atomic mass is 10.0. The van der Waals surface area contributed by atoms with Gasteiger partial charge in [0.2, 0.25) is 0 Å². The van der Waals surface area contributed by atoms with Crippen molar-refractivity contribution in [2.24, 2.45) is 5.92 Å². The Morgan fingerprint density at radius 2 is 1.16 bits per heavy atom. The maximum absolute atomic E-state index is 10.1. The third kappa shape index (κ3) is 31.7. The lowest BCUT2D eigenvalue weighted by molar-refractivity contribution is -0.137. The van der Waals surface area contributed by atoms with Crippen LogP contribution in [0.4, 0.5) is 0 Å². The number of hydrogen-bond acceptors (Lipinski definition) is 2. The van der Waals surface area contributed by atoms with Crippen LogP contribution in [0.2, 0.25) is 0 Å². The number of carbonyl (C=O) groups is 1. The van der Waals surface area contributed by atoms with Crippen LogP contribution in [-0.2, 0) is 4.79 Å². The average molecular weight is 359 g/mol. The van der Waals surface area contributed by atoms with Crippen molar-refractivity contribution in [3.8, 4) is 0 Å². The Balaban J connectivity index is 0. The van der Waals surface area contributed by atoms with Crippen molar-refractivity contribution >= 4 is 5.97 Å². The number of aliphatic carboxylic acids is 1. The summed E-state index contributed by atoms with van der Waals surface area (Å²) in [6.45, 7) is 7.02. The van der Waals surface area contributed by atoms with Gasteiger partial charge >= 0.3 is 5.97 Å². The van der Waals surface area contributed by atoms with Gasteiger partial charge in [-0.15, -0.1) is 0 Å². The van der Waals surface area contributed by atoms with Crippen LogP contribution in [0.15, 0.2) is 0 Å². The highest BCUT2D eigenvalue weighted by Gasteiger charge is 1.97. The molecule has 0 aliphatic carbocycles. The summed E-state index contributed by atoms with van der Waals surface area (Å²) in [7, 11) is 0. The fourth-order valence-electron chi connectivity index (χ4n) is 2.78. The summed E-state index contributed by atoms with van der Waals surface area (Å²) in [5.74, 6) is 0.0781. The van der Waals surface area contributed by atoms with Crippen molar-refractivity contribution in [1.82, 2.24) is 0 Å². The Morgan fingerprint density at radius 3 is 1.56 bits per heavy atom. The fourth-order valence-corrected chi connectivity index (χ4v) is 2.78. The molecule has 0 atom stereocenters. The van der Waals surface area contributed by atoms with Crippen LogP contribution >= 0.6 is 0 Å². The van der Waals surface area contributed by atoms with E-state index in [0.29, 0.717) is 13.0 Å². The molecule has 3 heteroatoms. The topological polar surface area (TPSA) is 57.5 Å². The van der Waals surface area contributed by atoms with Gasteiger partial charge in [-0.3, -0.25) is 4.79 Å². The van der Waals surface area contributed by atoms with Crippen LogP contribution in [0.5, 0.6) is 0 Å². The zero-order valence-corrected chi connectivity index (χ0v) is 17.4. The summed E-state index contributed by atoms with van der Waals surface area (Å²) >= 11 is 0. The molecule has 0 aromatic carbocycles. The minimum Gasteiger partial charge on any atom is -0.481 e. The summed E-state index contributed by atoms with van der Waals surface area (Å²) in [6.07, 6.45) is 19.4. The summed E-state index contributed by atoms with van der Waals surface area (Å²) < 4.78 is 0. The predicted molar refractivity (Wildman–Crippen MR) is 109 cm³/mol. The Kier molecular flexibility index (Phi) is 25.0. The second-order valence-corrected chi connectivity index (χ2v) is 7.65. The van der Waals surface area contributed by atoms with E-state index in [0.717, 1.165) is 25.2 Å². The van der Waals surface area contributed by atoms with Crippen LogP contribution < -0.4 is 0 Å². The Labute approximate surface area is 157 Å². The van der Waals surface area contributed by atoms with Crippen LogP contribution in [0.25, 0.3) is 0 Å². The SMILES string of the molecule is CC(C)CCCCCC(=O)O.CCCCCCCCCCCCCO. The monoisotopic (exact) mass is 358 g/mol. The smallest absolute Gasteiger partial charge is 0.303 e. The van der Waals surface area contributed by atoms with E-state index in [1.807, 2.05) is 0 Å². The molecular formula is C22H46O3. The highest BCUT2D eigenvalue weighted by Crippen LogP contribution is 2.11. The van der Waals surface area contributed by atoms with Crippen LogP contribution in [0.3, 0.4) is 0 Å². The minimum absolute atomic E-state index is 0.331. The van der Waals surface area contributed by atoms with E-state index in [4.69, 9.17) is 10.2 Å². The van der Waals surface area contributed by atoms with Crippen LogP contribution in [0, 0.1) is 5.92 Å². The summed E-state index contributed by atoms with van der Waals surface area (Å²) in [5.41, 5.74) is 0. The normalized spacial score (nSPS) is 10.6. The molecule has 0 rings (SSSR count). The summed E-state index contributed by atoms with van der Waals surface area (Å²) in [5, 5.41) is 16.9. The third-order valence-electron chi connectivity index (χ3n) is 4.43. The first-order valence-corrected chi connectivity index (χ1v) is 10.9. The van der Waals surface area contributed by atoms with Gasteiger partial charge in [0.1, 0.15) is 0 Å². The van der Waals surface area contributed by atoms with E-state index in [9.17, 15) is 4.79 Å². The third-order valence-corrected chi connectivity index (χ3v) is 4.43. The minimum atomic E-state index is -0.672. The summed E-state index contributed by atoms with van der Waals surface area (Å²) in [4.78, 5) is 10.1. The number of aliphatic hydroxyl groups is 1. The molecule has 0 aromatic heterocycles. The lowest BCUT2D eigenvalue weighted by Gasteiger charge is -2.02. The number of rotatable bonds is 17. The Morgan fingerprint density at radius 1 is 0.720 bits per heavy atom. The zero-order valence-electron chi connectivity index (χ0n) is 17.4. The van der Waals surface area contributed by atoms with Crippen LogP contribution in [-0.4, -0.2) is 22.8 Å². The molecule has 0 bridgehead atoms. The molecule has 0 saturated carbocycles. The van der Waals surface area contributed by atoms with Crippen molar-refractivity contribution < 1.29 is 15.0 Å². The fraction of sp³-hybridized carbons (Fsp3) is 0.955. The molecule has 152 valence electrons. The van der Waals surface area contributed by atoms with Gasteiger partial charge in [-0.2, -0.15) is 0 Å². The number of hydrogen-bond donors (Lipinski definition) is 2. The highest BCUT2D eigenvalue weighted by molar-refractivity contribution is 5.66. The second kappa shape index (κ2) is 23.4. The largest absolute Gasteiger partial charge is 0.481 e. The average Bonchev–Trinajstić information content (AvgIpc) is 2.56. The van der Waals surface area contributed by atoms with E-state index in [-0.39, 0.29) is 0 Å². The Bertz CT molecular complexity index is 240. The zero-order chi connectivity index (χ0) is 19.2. The maximum atomic E-state index is 10.1. The second-order valence-electron chi connectivity index (χ2n) is 7.65. The van der Waals surface area contributed by atoms with Crippen molar-refractivity contribution in [2.45, 2.75) is 124 Å². The van der Waals surface area contributed by atoms with Gasteiger partial charge in [0.15, 0.2) is 0 Å². The van der Waals surface area contributed by atoms with E-state index in [1.54, 1.807) is 0 Å². The molecule has 0 aromatic rings. The van der Waals surface area contributed by atoms with Crippen molar-refractivity contribution in [3.05, 3.63) is 0 Å². The maximum Gasteiger partial charge on any atom is 0.303 e. The molecule has 0 aliphatic rings. The van der Waals surface area contributed by atoms with E-state index < -0.39 is 5.97 Å². The molecule has 0 saturated heterocycles. The highest BCUT2D eigenvalue weighted by atomic mass is 16.4. The number of carboxylic acids is 1.